The first-order valence-electron chi connectivity index (χ1n) is 8.77. The van der Waals surface area contributed by atoms with Crippen molar-refractivity contribution in [2.75, 3.05) is 0 Å². The van der Waals surface area contributed by atoms with Gasteiger partial charge < -0.3 is 9.84 Å². The average Bonchev–Trinajstić information content (AvgIpc) is 2.97. The van der Waals surface area contributed by atoms with Gasteiger partial charge in [0.05, 0.1) is 0 Å². The van der Waals surface area contributed by atoms with E-state index in [9.17, 15) is 19.1 Å². The Morgan fingerprint density at radius 1 is 1.29 bits per heavy atom. The number of hydrogen-bond acceptors (Lipinski definition) is 4. The van der Waals surface area contributed by atoms with E-state index in [1.165, 1.54) is 10.6 Å². The number of hydrogen-bond donors (Lipinski definition) is 1. The molecule has 28 heavy (non-hydrogen) atoms. The molecule has 1 aromatic heterocycles. The number of halogens is 1. The van der Waals surface area contributed by atoms with Gasteiger partial charge in [-0.2, -0.15) is 4.68 Å². The van der Waals surface area contributed by atoms with Gasteiger partial charge in [0.2, 0.25) is 0 Å². The number of aromatic carboxylic acids is 1. The second-order valence-electron chi connectivity index (χ2n) is 6.30. The molecule has 0 amide bonds. The molecule has 0 radical (unpaired) electrons. The normalized spacial score (nSPS) is 12.0. The zero-order valence-corrected chi connectivity index (χ0v) is 15.7. The molecule has 0 aliphatic carbocycles. The predicted octanol–water partition coefficient (Wildman–Crippen LogP) is 3.11. The lowest BCUT2D eigenvalue weighted by Gasteiger charge is -2.17. The summed E-state index contributed by atoms with van der Waals surface area (Å²) in [6.07, 6.45) is 0.00590. The third-order valence-corrected chi connectivity index (χ3v) is 4.47. The quantitative estimate of drug-likeness (QED) is 0.705. The van der Waals surface area contributed by atoms with Crippen molar-refractivity contribution in [3.63, 3.8) is 0 Å². The van der Waals surface area contributed by atoms with Crippen molar-refractivity contribution in [1.29, 1.82) is 0 Å². The first kappa shape index (κ1) is 19.3. The number of nitrogens with zero attached hydrogens (tertiary/aromatic N) is 3. The zero-order valence-electron chi connectivity index (χ0n) is 15.7. The van der Waals surface area contributed by atoms with E-state index in [0.717, 1.165) is 16.3 Å². The lowest BCUT2D eigenvalue weighted by atomic mass is 10.1. The monoisotopic (exact) mass is 385 g/mol. The van der Waals surface area contributed by atoms with E-state index in [1.807, 2.05) is 37.3 Å². The summed E-state index contributed by atoms with van der Waals surface area (Å²) in [6, 6.07) is 11.3. The highest BCUT2D eigenvalue weighted by molar-refractivity contribution is 5.91. The van der Waals surface area contributed by atoms with Crippen LogP contribution in [0.15, 0.2) is 47.3 Å². The molecule has 8 heteroatoms. The van der Waals surface area contributed by atoms with Crippen LogP contribution in [0.5, 0.6) is 5.75 Å². The molecule has 7 nitrogen and oxygen atoms in total. The average molecular weight is 385 g/mol. The number of carbonyl (C=O) groups is 1. The summed E-state index contributed by atoms with van der Waals surface area (Å²) < 4.78 is 22.7. The van der Waals surface area contributed by atoms with Gasteiger partial charge in [-0.15, -0.1) is 5.10 Å². The van der Waals surface area contributed by atoms with E-state index in [2.05, 4.69) is 5.10 Å². The second kappa shape index (κ2) is 7.67. The van der Waals surface area contributed by atoms with Crippen LogP contribution in [0, 0.1) is 5.82 Å². The van der Waals surface area contributed by atoms with Gasteiger partial charge >= 0.3 is 11.7 Å². The standard InChI is InChI=1S/C20H20FN3O4/c1-4-18-22-24(20(27)23(18)3)16-11-17(14(19(25)26)10-15(16)21)28-12(2)13-8-6-5-7-9-13/h5-12H,4H2,1-3H3,(H,25,26)/t12-/m0/s1. The highest BCUT2D eigenvalue weighted by Crippen LogP contribution is 2.29. The van der Waals surface area contributed by atoms with Gasteiger partial charge in [-0.1, -0.05) is 37.3 Å². The molecule has 0 aliphatic heterocycles. The molecule has 0 saturated heterocycles. The van der Waals surface area contributed by atoms with Crippen LogP contribution in [-0.2, 0) is 13.5 Å². The van der Waals surface area contributed by atoms with Crippen LogP contribution in [0.25, 0.3) is 5.69 Å². The number of aryl methyl sites for hydroxylation is 1. The molecule has 0 unspecified atom stereocenters. The van der Waals surface area contributed by atoms with Crippen molar-refractivity contribution in [3.05, 3.63) is 75.7 Å². The molecule has 1 N–H and O–H groups in total. The molecule has 146 valence electrons. The molecule has 3 rings (SSSR count). The SMILES string of the molecule is CCc1nn(-c2cc(O[C@@H](C)c3ccccc3)c(C(=O)O)cc2F)c(=O)n1C. The Labute approximate surface area is 160 Å². The fourth-order valence-corrected chi connectivity index (χ4v) is 2.89. The van der Waals surface area contributed by atoms with Gasteiger partial charge in [-0.05, 0) is 18.6 Å². The number of ether oxygens (including phenoxy) is 1. The van der Waals surface area contributed by atoms with Crippen molar-refractivity contribution in [3.8, 4) is 11.4 Å². The van der Waals surface area contributed by atoms with Crippen molar-refractivity contribution < 1.29 is 19.0 Å². The summed E-state index contributed by atoms with van der Waals surface area (Å²) in [5.41, 5.74) is -0.196. The van der Waals surface area contributed by atoms with Crippen LogP contribution in [0.2, 0.25) is 0 Å². The van der Waals surface area contributed by atoms with E-state index in [0.29, 0.717) is 12.2 Å². The van der Waals surface area contributed by atoms with E-state index in [4.69, 9.17) is 4.74 Å². The topological polar surface area (TPSA) is 86.4 Å². The van der Waals surface area contributed by atoms with Gasteiger partial charge in [0.15, 0.2) is 0 Å². The minimum atomic E-state index is -1.33. The number of benzene rings is 2. The second-order valence-corrected chi connectivity index (χ2v) is 6.30. The number of carboxylic acids is 1. The third kappa shape index (κ3) is 3.53. The summed E-state index contributed by atoms with van der Waals surface area (Å²) in [7, 11) is 1.54. The summed E-state index contributed by atoms with van der Waals surface area (Å²) in [5.74, 6) is -1.77. The highest BCUT2D eigenvalue weighted by Gasteiger charge is 2.22. The Hall–Kier alpha value is -3.42. The van der Waals surface area contributed by atoms with Gasteiger partial charge in [-0.25, -0.2) is 14.0 Å². The molecule has 0 spiro atoms. The fraction of sp³-hybridized carbons (Fsp3) is 0.250. The maximum Gasteiger partial charge on any atom is 0.350 e. The number of rotatable bonds is 6. The van der Waals surface area contributed by atoms with Gasteiger partial charge in [0.1, 0.15) is 34.7 Å². The molecule has 1 atom stereocenters. The van der Waals surface area contributed by atoms with E-state index in [-0.39, 0.29) is 17.0 Å². The van der Waals surface area contributed by atoms with Crippen LogP contribution >= 0.6 is 0 Å². The van der Waals surface area contributed by atoms with Gasteiger partial charge in [0, 0.05) is 19.5 Å². The molecule has 0 bridgehead atoms. The fourth-order valence-electron chi connectivity index (χ4n) is 2.89. The smallest absolute Gasteiger partial charge is 0.350 e. The Morgan fingerprint density at radius 2 is 1.96 bits per heavy atom. The van der Waals surface area contributed by atoms with E-state index >= 15 is 0 Å². The molecule has 1 heterocycles. The predicted molar refractivity (Wildman–Crippen MR) is 101 cm³/mol. The summed E-state index contributed by atoms with van der Waals surface area (Å²) in [6.45, 7) is 3.58. The largest absolute Gasteiger partial charge is 0.485 e. The highest BCUT2D eigenvalue weighted by atomic mass is 19.1. The molecule has 2 aromatic carbocycles. The number of aromatic nitrogens is 3. The Morgan fingerprint density at radius 3 is 2.54 bits per heavy atom. The molecular formula is C20H20FN3O4. The summed E-state index contributed by atoms with van der Waals surface area (Å²) in [5, 5.41) is 13.6. The zero-order chi connectivity index (χ0) is 20.4. The third-order valence-electron chi connectivity index (χ3n) is 4.47. The first-order valence-corrected chi connectivity index (χ1v) is 8.77. The molecular weight excluding hydrogens is 365 g/mol. The van der Waals surface area contributed by atoms with Crippen LogP contribution in [0.1, 0.15) is 41.7 Å². The lowest BCUT2D eigenvalue weighted by Crippen LogP contribution is -2.23. The van der Waals surface area contributed by atoms with Crippen LogP contribution in [0.4, 0.5) is 4.39 Å². The summed E-state index contributed by atoms with van der Waals surface area (Å²) in [4.78, 5) is 24.0. The maximum atomic E-state index is 14.6. The van der Waals surface area contributed by atoms with Gasteiger partial charge in [0.25, 0.3) is 0 Å². The molecule has 3 aromatic rings. The van der Waals surface area contributed by atoms with Crippen molar-refractivity contribution in [1.82, 2.24) is 14.3 Å². The van der Waals surface area contributed by atoms with Crippen LogP contribution in [-0.4, -0.2) is 25.4 Å². The molecule has 0 aliphatic rings. The van der Waals surface area contributed by atoms with Crippen LogP contribution in [0.3, 0.4) is 0 Å². The van der Waals surface area contributed by atoms with Crippen molar-refractivity contribution in [2.24, 2.45) is 7.05 Å². The van der Waals surface area contributed by atoms with Crippen molar-refractivity contribution in [2.45, 2.75) is 26.4 Å². The van der Waals surface area contributed by atoms with Crippen LogP contribution < -0.4 is 10.4 Å². The van der Waals surface area contributed by atoms with Gasteiger partial charge in [-0.3, -0.25) is 4.57 Å². The number of carboxylic acid groups (broad SMARTS) is 1. The minimum Gasteiger partial charge on any atom is -0.485 e. The Kier molecular flexibility index (Phi) is 5.30. The van der Waals surface area contributed by atoms with E-state index < -0.39 is 23.6 Å². The van der Waals surface area contributed by atoms with E-state index in [1.54, 1.807) is 14.0 Å². The minimum absolute atomic E-state index is 0.0455. The Balaban J connectivity index is 2.10. The molecule has 0 saturated carbocycles. The lowest BCUT2D eigenvalue weighted by molar-refractivity contribution is 0.0689. The first-order chi connectivity index (χ1) is 13.3. The Bertz CT molecular complexity index is 1070. The molecule has 0 fully saturated rings. The van der Waals surface area contributed by atoms with Crippen molar-refractivity contribution >= 4 is 5.97 Å². The summed E-state index contributed by atoms with van der Waals surface area (Å²) >= 11 is 0. The maximum absolute atomic E-state index is 14.6.